The van der Waals surface area contributed by atoms with Crippen LogP contribution in [0.25, 0.3) is 0 Å². The van der Waals surface area contributed by atoms with E-state index in [1.807, 2.05) is 30.3 Å². The third-order valence-corrected chi connectivity index (χ3v) is 2.41. The van der Waals surface area contributed by atoms with Crippen LogP contribution in [0.15, 0.2) is 35.3 Å². The fourth-order valence-electron chi connectivity index (χ4n) is 1.63. The van der Waals surface area contributed by atoms with Crippen molar-refractivity contribution in [2.24, 2.45) is 4.99 Å². The second-order valence-electron chi connectivity index (χ2n) is 3.55. The van der Waals surface area contributed by atoms with Gasteiger partial charge in [-0.1, -0.05) is 30.3 Å². The normalized spacial score (nSPS) is 15.8. The molecule has 1 aliphatic heterocycles. The summed E-state index contributed by atoms with van der Waals surface area (Å²) in [7, 11) is 0. The summed E-state index contributed by atoms with van der Waals surface area (Å²) in [4.78, 5) is 4.20. The van der Waals surface area contributed by atoms with E-state index in [1.165, 1.54) is 0 Å². The van der Waals surface area contributed by atoms with E-state index in [2.05, 4.69) is 16.2 Å². The lowest BCUT2D eigenvalue weighted by molar-refractivity contribution is 0.325. The number of rotatable bonds is 3. The van der Waals surface area contributed by atoms with Crippen LogP contribution in [0.5, 0.6) is 0 Å². The highest BCUT2D eigenvalue weighted by Crippen LogP contribution is 2.16. The van der Waals surface area contributed by atoms with Crippen molar-refractivity contribution in [1.82, 2.24) is 5.32 Å². The third-order valence-electron chi connectivity index (χ3n) is 2.41. The molecule has 1 atom stereocenters. The molecule has 1 aromatic carbocycles. The van der Waals surface area contributed by atoms with E-state index in [4.69, 9.17) is 11.2 Å². The molecule has 82 valence electrons. The first-order chi connectivity index (χ1) is 7.90. The van der Waals surface area contributed by atoms with E-state index < -0.39 is 0 Å². The smallest absolute Gasteiger partial charge is 0.285 e. The summed E-state index contributed by atoms with van der Waals surface area (Å²) >= 11 is 0. The standard InChI is InChI=1S/C13H14N2O/c1-2-6-12(11-7-4-3-5-8-11)15-13-14-9-10-16-13/h1,3-5,7-8,12H,6,9-10H2,(H,14,15)/t12-/m0/s1. The van der Waals surface area contributed by atoms with Gasteiger partial charge in [-0.2, -0.15) is 0 Å². The maximum atomic E-state index is 5.37. The summed E-state index contributed by atoms with van der Waals surface area (Å²) in [6, 6.07) is 10.7. The lowest BCUT2D eigenvalue weighted by Gasteiger charge is -2.17. The molecule has 0 fully saturated rings. The molecule has 0 saturated heterocycles. The second-order valence-corrected chi connectivity index (χ2v) is 3.55. The van der Waals surface area contributed by atoms with Crippen LogP contribution in [0.3, 0.4) is 0 Å². The highest BCUT2D eigenvalue weighted by atomic mass is 16.5. The number of hydrogen-bond donors (Lipinski definition) is 1. The third kappa shape index (κ3) is 2.54. The zero-order valence-corrected chi connectivity index (χ0v) is 9.02. The molecule has 3 nitrogen and oxygen atoms in total. The van der Waals surface area contributed by atoms with Gasteiger partial charge in [0.05, 0.1) is 12.6 Å². The largest absolute Gasteiger partial charge is 0.463 e. The number of ether oxygens (including phenoxy) is 1. The van der Waals surface area contributed by atoms with Gasteiger partial charge in [-0.05, 0) is 5.56 Å². The quantitative estimate of drug-likeness (QED) is 0.777. The molecule has 1 N–H and O–H groups in total. The predicted octanol–water partition coefficient (Wildman–Crippen LogP) is 1.73. The maximum absolute atomic E-state index is 5.37. The first-order valence-electron chi connectivity index (χ1n) is 5.32. The molecule has 0 aromatic heterocycles. The Bertz CT molecular complexity index is 406. The van der Waals surface area contributed by atoms with Gasteiger partial charge in [-0.25, -0.2) is 4.99 Å². The molecule has 16 heavy (non-hydrogen) atoms. The summed E-state index contributed by atoms with van der Waals surface area (Å²) in [5.41, 5.74) is 1.15. The SMILES string of the molecule is C#CC[C@H](NC1=NCCO1)c1ccccc1. The highest BCUT2D eigenvalue weighted by Gasteiger charge is 2.14. The molecule has 0 bridgehead atoms. The van der Waals surface area contributed by atoms with Gasteiger partial charge in [0.1, 0.15) is 6.61 Å². The molecule has 3 heteroatoms. The fourth-order valence-corrected chi connectivity index (χ4v) is 1.63. The Morgan fingerprint density at radius 2 is 2.25 bits per heavy atom. The van der Waals surface area contributed by atoms with Crippen LogP contribution >= 0.6 is 0 Å². The van der Waals surface area contributed by atoms with Crippen molar-refractivity contribution >= 4 is 6.02 Å². The van der Waals surface area contributed by atoms with Gasteiger partial charge in [0.15, 0.2) is 0 Å². The molecule has 0 amide bonds. The van der Waals surface area contributed by atoms with Gasteiger partial charge in [0.2, 0.25) is 0 Å². The number of nitrogens with zero attached hydrogens (tertiary/aromatic N) is 1. The Balaban J connectivity index is 2.08. The van der Waals surface area contributed by atoms with Crippen LogP contribution in [0.1, 0.15) is 18.0 Å². The maximum Gasteiger partial charge on any atom is 0.285 e. The minimum atomic E-state index is 0.0723. The van der Waals surface area contributed by atoms with E-state index in [1.54, 1.807) is 0 Å². The van der Waals surface area contributed by atoms with Gasteiger partial charge in [-0.3, -0.25) is 0 Å². The van der Waals surface area contributed by atoms with Crippen molar-refractivity contribution in [1.29, 1.82) is 0 Å². The molecule has 0 unspecified atom stereocenters. The van der Waals surface area contributed by atoms with Crippen molar-refractivity contribution in [3.63, 3.8) is 0 Å². The van der Waals surface area contributed by atoms with Crippen LogP contribution < -0.4 is 5.32 Å². The minimum absolute atomic E-state index is 0.0723. The number of amidine groups is 1. The summed E-state index contributed by atoms with van der Waals surface area (Å²) in [5.74, 6) is 2.67. The number of benzene rings is 1. The molecule has 0 saturated carbocycles. The van der Waals surface area contributed by atoms with E-state index in [9.17, 15) is 0 Å². The van der Waals surface area contributed by atoms with Gasteiger partial charge >= 0.3 is 0 Å². The molecule has 1 aromatic rings. The summed E-state index contributed by atoms with van der Waals surface area (Å²) in [5, 5.41) is 3.22. The zero-order chi connectivity index (χ0) is 11.2. The Morgan fingerprint density at radius 1 is 1.44 bits per heavy atom. The van der Waals surface area contributed by atoms with Crippen molar-refractivity contribution in [3.05, 3.63) is 35.9 Å². The van der Waals surface area contributed by atoms with Crippen LogP contribution in [-0.4, -0.2) is 19.2 Å². The van der Waals surface area contributed by atoms with Crippen molar-refractivity contribution in [3.8, 4) is 12.3 Å². The number of terminal acetylenes is 1. The molecule has 0 spiro atoms. The van der Waals surface area contributed by atoms with E-state index in [-0.39, 0.29) is 6.04 Å². The highest BCUT2D eigenvalue weighted by molar-refractivity contribution is 5.75. The molecule has 1 aliphatic rings. The Hall–Kier alpha value is -1.95. The van der Waals surface area contributed by atoms with E-state index in [0.29, 0.717) is 19.0 Å². The molecule has 0 radical (unpaired) electrons. The molecular weight excluding hydrogens is 200 g/mol. The van der Waals surface area contributed by atoms with Crippen LogP contribution in [0.2, 0.25) is 0 Å². The summed E-state index contributed by atoms with van der Waals surface area (Å²) < 4.78 is 5.32. The number of aliphatic imine (C=N–C) groups is 1. The van der Waals surface area contributed by atoms with Crippen molar-refractivity contribution < 1.29 is 4.74 Å². The second kappa shape index (κ2) is 5.22. The van der Waals surface area contributed by atoms with Crippen molar-refractivity contribution in [2.75, 3.05) is 13.2 Å². The molecule has 2 rings (SSSR count). The first kappa shape index (κ1) is 10.6. The van der Waals surface area contributed by atoms with Gasteiger partial charge in [0.25, 0.3) is 6.02 Å². The van der Waals surface area contributed by atoms with Gasteiger partial charge < -0.3 is 10.1 Å². The Morgan fingerprint density at radius 3 is 2.88 bits per heavy atom. The molecular formula is C13H14N2O. The van der Waals surface area contributed by atoms with E-state index >= 15 is 0 Å². The predicted molar refractivity (Wildman–Crippen MR) is 64.0 cm³/mol. The van der Waals surface area contributed by atoms with E-state index in [0.717, 1.165) is 12.1 Å². The molecule has 1 heterocycles. The van der Waals surface area contributed by atoms with Crippen molar-refractivity contribution in [2.45, 2.75) is 12.5 Å². The topological polar surface area (TPSA) is 33.6 Å². The van der Waals surface area contributed by atoms with Crippen LogP contribution in [0.4, 0.5) is 0 Å². The van der Waals surface area contributed by atoms with Crippen LogP contribution in [-0.2, 0) is 4.74 Å². The summed E-state index contributed by atoms with van der Waals surface area (Å²) in [6.45, 7) is 1.37. The average Bonchev–Trinajstić information content (AvgIpc) is 2.83. The Labute approximate surface area is 95.5 Å². The number of hydrogen-bond acceptors (Lipinski definition) is 3. The number of nitrogens with one attached hydrogen (secondary N) is 1. The lowest BCUT2D eigenvalue weighted by atomic mass is 10.0. The summed E-state index contributed by atoms with van der Waals surface area (Å²) in [6.07, 6.45) is 5.99. The van der Waals surface area contributed by atoms with Crippen LogP contribution in [0, 0.1) is 12.3 Å². The Kier molecular flexibility index (Phi) is 3.45. The van der Waals surface area contributed by atoms with Gasteiger partial charge in [0, 0.05) is 6.42 Å². The lowest BCUT2D eigenvalue weighted by Crippen LogP contribution is -2.28. The fraction of sp³-hybridized carbons (Fsp3) is 0.308. The average molecular weight is 214 g/mol. The zero-order valence-electron chi connectivity index (χ0n) is 9.02. The molecule has 0 aliphatic carbocycles. The monoisotopic (exact) mass is 214 g/mol. The van der Waals surface area contributed by atoms with Gasteiger partial charge in [-0.15, -0.1) is 12.3 Å². The first-order valence-corrected chi connectivity index (χ1v) is 5.32. The minimum Gasteiger partial charge on any atom is -0.463 e.